The van der Waals surface area contributed by atoms with Gasteiger partial charge in [0.15, 0.2) is 0 Å². The maximum absolute atomic E-state index is 6.97. The number of benzene rings is 13. The lowest BCUT2D eigenvalue weighted by Crippen LogP contribution is -2.75. The first kappa shape index (κ1) is 62.6. The average molecular weight is 1390 g/mol. The highest BCUT2D eigenvalue weighted by Crippen LogP contribution is 2.61. The number of thiophene rings is 1. The van der Waals surface area contributed by atoms with Gasteiger partial charge in [-0.3, -0.25) is 0 Å². The van der Waals surface area contributed by atoms with Gasteiger partial charge >= 0.3 is 0 Å². The van der Waals surface area contributed by atoms with Crippen LogP contribution >= 0.6 is 27.2 Å². The van der Waals surface area contributed by atoms with Gasteiger partial charge in [0, 0.05) is 69.8 Å². The Hall–Kier alpha value is -9.43. The highest BCUT2D eigenvalue weighted by atomic mass is 32.1. The number of fused-ring (bicyclic) bond motifs is 18. The zero-order valence-corrected chi connectivity index (χ0v) is 64.0. The zero-order valence-electron chi connectivity index (χ0n) is 59.4. The molecule has 101 heavy (non-hydrogen) atoms. The molecular formula is C92H79N3OP2SSi2. The lowest BCUT2D eigenvalue weighted by Gasteiger charge is -2.44. The van der Waals surface area contributed by atoms with E-state index >= 15 is 0 Å². The van der Waals surface area contributed by atoms with Gasteiger partial charge in [-0.15, -0.1) is 11.3 Å². The molecule has 4 aliphatic heterocycles. The third-order valence-corrected chi connectivity index (χ3v) is 37.0. The van der Waals surface area contributed by atoms with Crippen LogP contribution in [0.4, 0.5) is 34.1 Å². The highest BCUT2D eigenvalue weighted by Gasteiger charge is 2.51. The minimum atomic E-state index is -2.01. The smallest absolute Gasteiger partial charge is 0.135 e. The van der Waals surface area contributed by atoms with Gasteiger partial charge in [-0.1, -0.05) is 241 Å². The largest absolute Gasteiger partial charge is 0.456 e. The van der Waals surface area contributed by atoms with E-state index < -0.39 is 32.0 Å². The molecular weight excluding hydrogens is 1310 g/mol. The van der Waals surface area contributed by atoms with Crippen LogP contribution in [0.3, 0.4) is 0 Å². The Balaban J connectivity index is 0.000000146. The van der Waals surface area contributed by atoms with Crippen molar-refractivity contribution >= 4 is 194 Å². The van der Waals surface area contributed by atoms with E-state index in [1.165, 1.54) is 169 Å². The Labute approximate surface area is 600 Å². The Morgan fingerprint density at radius 3 is 1.74 bits per heavy atom. The first-order valence-electron chi connectivity index (χ1n) is 35.7. The third kappa shape index (κ3) is 9.43. The monoisotopic (exact) mass is 1390 g/mol. The molecule has 2 unspecified atom stereocenters. The van der Waals surface area contributed by atoms with Crippen molar-refractivity contribution in [3.05, 3.63) is 283 Å². The fourth-order valence-electron chi connectivity index (χ4n) is 17.3. The molecule has 0 amide bonds. The molecule has 2 atom stereocenters. The zero-order chi connectivity index (χ0) is 68.9. The molecule has 0 bridgehead atoms. The van der Waals surface area contributed by atoms with Crippen molar-refractivity contribution < 1.29 is 4.42 Å². The summed E-state index contributed by atoms with van der Waals surface area (Å²) >= 11 is 2.00. The van der Waals surface area contributed by atoms with E-state index in [1.54, 1.807) is 20.9 Å². The molecule has 20 rings (SSSR count). The summed E-state index contributed by atoms with van der Waals surface area (Å²) in [4.78, 5) is 5.20. The van der Waals surface area contributed by atoms with E-state index in [2.05, 4.69) is 351 Å². The van der Waals surface area contributed by atoms with Crippen LogP contribution in [0.2, 0.25) is 26.2 Å². The molecule has 492 valence electrons. The van der Waals surface area contributed by atoms with Gasteiger partial charge < -0.3 is 18.8 Å². The van der Waals surface area contributed by atoms with Gasteiger partial charge in [0.1, 0.15) is 27.2 Å². The number of anilines is 6. The molecule has 3 aromatic heterocycles. The summed E-state index contributed by atoms with van der Waals surface area (Å²) < 4.78 is 12.3. The lowest BCUT2D eigenvalue weighted by molar-refractivity contribution is 0.591. The Bertz CT molecular complexity index is 6130. The number of furan rings is 1. The van der Waals surface area contributed by atoms with Gasteiger partial charge in [0.05, 0.1) is 38.4 Å². The fourth-order valence-corrected chi connectivity index (χ4v) is 35.0. The third-order valence-electron chi connectivity index (χ3n) is 22.5. The molecule has 0 N–H and O–H groups in total. The normalized spacial score (nSPS) is 15.9. The fraction of sp³-hybridized carbons (Fsp3) is 0.152. The Kier molecular flexibility index (Phi) is 14.1. The van der Waals surface area contributed by atoms with Crippen molar-refractivity contribution in [3.63, 3.8) is 0 Å². The van der Waals surface area contributed by atoms with Gasteiger partial charge in [-0.25, -0.2) is 0 Å². The number of aryl methyl sites for hydroxylation is 3. The molecule has 0 aliphatic carbocycles. The second kappa shape index (κ2) is 22.8. The van der Waals surface area contributed by atoms with Gasteiger partial charge in [0.2, 0.25) is 0 Å². The van der Waals surface area contributed by atoms with E-state index in [0.29, 0.717) is 5.92 Å². The van der Waals surface area contributed by atoms with Crippen molar-refractivity contribution in [2.24, 2.45) is 0 Å². The first-order chi connectivity index (χ1) is 48.8. The van der Waals surface area contributed by atoms with Crippen molar-refractivity contribution in [1.29, 1.82) is 0 Å². The number of rotatable bonds is 5. The summed E-state index contributed by atoms with van der Waals surface area (Å²) in [7, 11) is -5.70. The number of hydrogen-bond acceptors (Lipinski definition) is 4. The van der Waals surface area contributed by atoms with Crippen LogP contribution in [0.25, 0.3) is 81.2 Å². The summed E-state index contributed by atoms with van der Waals surface area (Å²) in [5.41, 5.74) is 22.8. The predicted molar refractivity (Wildman–Crippen MR) is 447 cm³/mol. The summed E-state index contributed by atoms with van der Waals surface area (Å²) in [6.45, 7) is 28.6. The van der Waals surface area contributed by atoms with E-state index in [1.807, 2.05) is 11.3 Å². The minimum absolute atomic E-state index is 0.0305. The van der Waals surface area contributed by atoms with E-state index in [4.69, 9.17) is 4.42 Å². The average Bonchev–Trinajstić information content (AvgIpc) is 1.68. The summed E-state index contributed by atoms with van der Waals surface area (Å²) in [5.74, 6) is 0.339. The lowest BCUT2D eigenvalue weighted by atomic mass is 9.86. The highest BCUT2D eigenvalue weighted by molar-refractivity contribution is 7.86. The number of aromatic nitrogens is 1. The molecule has 4 aliphatic rings. The quantitative estimate of drug-likeness (QED) is 0.0975. The standard InChI is InChI=1S/C53H46N3PS.C39H33OPSi2/c1-32(2)35-28-46-51-47(29-35)56(38-23-18-34(4)19-24-38)50-42-30-36(53(5,6)7)20-27-49(42)58-52(50)57(51)48-26-25-39(31-45(48)54(46)37-21-16-33(3)17-22-37)55-43-14-10-8-12-40(43)41-13-9-11-15-44(41)55;1-24-21-35-37-36(22-24)43(4,5)38-31-13-8-9-16-32(31)40-39(38)41(37)33-23-26(18-20-34(33)42(35,2)3)28-14-10-15-29-27-12-7-6-11-25(27)17-19-30(28)29/h8-32H,1-7H3;6-23H,1-5H3. The Morgan fingerprint density at radius 1 is 0.436 bits per heavy atom. The summed E-state index contributed by atoms with van der Waals surface area (Å²) in [6.07, 6.45) is 0. The van der Waals surface area contributed by atoms with Crippen LogP contribution in [0.5, 0.6) is 0 Å². The van der Waals surface area contributed by atoms with Gasteiger partial charge in [-0.2, -0.15) is 0 Å². The maximum Gasteiger partial charge on any atom is 0.135 e. The van der Waals surface area contributed by atoms with Crippen LogP contribution in [-0.4, -0.2) is 20.7 Å². The van der Waals surface area contributed by atoms with Crippen molar-refractivity contribution in [3.8, 4) is 16.8 Å². The number of para-hydroxylation sites is 3. The molecule has 16 aromatic rings. The van der Waals surface area contributed by atoms with Crippen molar-refractivity contribution in [1.82, 2.24) is 4.57 Å². The van der Waals surface area contributed by atoms with Crippen LogP contribution in [0.1, 0.15) is 68.4 Å². The molecule has 0 fully saturated rings. The second-order valence-corrected chi connectivity index (χ2v) is 45.0. The molecule has 0 saturated carbocycles. The molecule has 13 aromatic carbocycles. The van der Waals surface area contributed by atoms with Gasteiger partial charge in [-0.05, 0) is 198 Å². The van der Waals surface area contributed by atoms with E-state index in [9.17, 15) is 0 Å². The molecule has 0 radical (unpaired) electrons. The number of nitrogens with zero attached hydrogens (tertiary/aromatic N) is 3. The van der Waals surface area contributed by atoms with Crippen LogP contribution in [-0.2, 0) is 5.41 Å². The maximum atomic E-state index is 6.97. The van der Waals surface area contributed by atoms with Crippen molar-refractivity contribution in [2.75, 3.05) is 9.80 Å². The number of hydrogen-bond donors (Lipinski definition) is 0. The predicted octanol–water partition coefficient (Wildman–Crippen LogP) is 21.1. The van der Waals surface area contributed by atoms with Crippen LogP contribution < -0.4 is 61.9 Å². The van der Waals surface area contributed by atoms with Gasteiger partial charge in [0.25, 0.3) is 0 Å². The molecule has 7 heterocycles. The summed E-state index contributed by atoms with van der Waals surface area (Å²) in [6, 6.07) is 97.1. The molecule has 4 nitrogen and oxygen atoms in total. The van der Waals surface area contributed by atoms with E-state index in [0.717, 1.165) is 5.58 Å². The minimum Gasteiger partial charge on any atom is -0.456 e. The van der Waals surface area contributed by atoms with Crippen molar-refractivity contribution in [2.45, 2.75) is 92.9 Å². The summed E-state index contributed by atoms with van der Waals surface area (Å²) in [5, 5.41) is 22.8. The van der Waals surface area contributed by atoms with Crippen LogP contribution in [0.15, 0.2) is 259 Å². The molecule has 9 heteroatoms. The first-order valence-corrected chi connectivity index (χ1v) is 45.2. The second-order valence-electron chi connectivity index (χ2n) is 31.0. The molecule has 0 saturated heterocycles. The topological polar surface area (TPSA) is 24.6 Å². The SMILES string of the molecule is Cc1cc2c3c(c1)[Si](C)(C)c1c(oc4ccccc14)P3c1cc(-c3cccc4c3ccc3ccccc34)ccc1[Si]2(C)C.Cc1ccc(N2c3cc(-n4c5ccccc5c5ccccc54)ccc3P3c4sc5ccc(C(C)(C)C)cc5c4N(c4ccc(C)cc4)c4cc(C(C)C)cc2c43)cc1. The molecule has 0 spiro atoms. The Morgan fingerprint density at radius 2 is 1.05 bits per heavy atom. The van der Waals surface area contributed by atoms with Crippen LogP contribution in [0, 0.1) is 20.8 Å². The van der Waals surface area contributed by atoms with E-state index in [-0.39, 0.29) is 5.41 Å².